The molecule has 0 bridgehead atoms. The zero-order chi connectivity index (χ0) is 12.7. The van der Waals surface area contributed by atoms with Crippen LogP contribution in [-0.2, 0) is 0 Å². The van der Waals surface area contributed by atoms with Gasteiger partial charge in [0.05, 0.1) is 0 Å². The predicted molar refractivity (Wildman–Crippen MR) is 72.0 cm³/mol. The van der Waals surface area contributed by atoms with Crippen molar-refractivity contribution in [3.05, 3.63) is 0 Å². The van der Waals surface area contributed by atoms with Crippen molar-refractivity contribution in [3.63, 3.8) is 0 Å². The fraction of sp³-hybridized carbons (Fsp3) is 1.00. The summed E-state index contributed by atoms with van der Waals surface area (Å²) in [6.45, 7) is 10.9. The van der Waals surface area contributed by atoms with Crippen LogP contribution in [0, 0.1) is 16.2 Å². The third kappa shape index (κ3) is 3.45. The van der Waals surface area contributed by atoms with Crippen molar-refractivity contribution >= 4 is 0 Å². The molecule has 100 valence electrons. The molecule has 2 nitrogen and oxygen atoms in total. The van der Waals surface area contributed by atoms with Gasteiger partial charge < -0.3 is 10.4 Å². The van der Waals surface area contributed by atoms with E-state index in [0.29, 0.717) is 23.5 Å². The molecule has 0 spiro atoms. The van der Waals surface area contributed by atoms with Gasteiger partial charge in [-0.1, -0.05) is 27.7 Å². The molecular weight excluding hydrogens is 210 g/mol. The molecule has 0 unspecified atom stereocenters. The third-order valence-electron chi connectivity index (χ3n) is 4.61. The van der Waals surface area contributed by atoms with Gasteiger partial charge in [-0.3, -0.25) is 0 Å². The summed E-state index contributed by atoms with van der Waals surface area (Å²) in [5.74, 6) is 0. The average molecular weight is 239 g/mol. The highest BCUT2D eigenvalue weighted by Crippen LogP contribution is 2.47. The van der Waals surface area contributed by atoms with Crippen LogP contribution < -0.4 is 5.32 Å². The zero-order valence-electron chi connectivity index (χ0n) is 12.0. The molecule has 2 N–H and O–H groups in total. The number of aliphatic hydroxyl groups is 1. The first-order valence-corrected chi connectivity index (χ1v) is 7.10. The van der Waals surface area contributed by atoms with E-state index < -0.39 is 0 Å². The Hall–Kier alpha value is -0.0800. The summed E-state index contributed by atoms with van der Waals surface area (Å²) in [6, 6.07) is 0.637. The van der Waals surface area contributed by atoms with Crippen molar-refractivity contribution in [1.82, 2.24) is 5.32 Å². The summed E-state index contributed by atoms with van der Waals surface area (Å²) in [5.41, 5.74) is 1.15. The van der Waals surface area contributed by atoms with Crippen LogP contribution in [0.1, 0.15) is 59.8 Å². The van der Waals surface area contributed by atoms with Gasteiger partial charge in [-0.2, -0.15) is 0 Å². The molecule has 2 fully saturated rings. The van der Waals surface area contributed by atoms with Gasteiger partial charge in [-0.15, -0.1) is 0 Å². The van der Waals surface area contributed by atoms with Gasteiger partial charge >= 0.3 is 0 Å². The van der Waals surface area contributed by atoms with Crippen LogP contribution >= 0.6 is 0 Å². The summed E-state index contributed by atoms with van der Waals surface area (Å²) in [7, 11) is 0. The van der Waals surface area contributed by atoms with Crippen molar-refractivity contribution < 1.29 is 5.11 Å². The van der Waals surface area contributed by atoms with E-state index in [1.165, 1.54) is 32.1 Å². The van der Waals surface area contributed by atoms with E-state index in [9.17, 15) is 5.11 Å². The maximum absolute atomic E-state index is 9.35. The quantitative estimate of drug-likeness (QED) is 0.790. The van der Waals surface area contributed by atoms with Gasteiger partial charge in [-0.05, 0) is 42.9 Å². The molecular formula is C15H29NO. The molecule has 0 aliphatic heterocycles. The van der Waals surface area contributed by atoms with Crippen LogP contribution in [0.3, 0.4) is 0 Å². The van der Waals surface area contributed by atoms with E-state index in [1.54, 1.807) is 0 Å². The maximum atomic E-state index is 9.35. The summed E-state index contributed by atoms with van der Waals surface area (Å²) < 4.78 is 0. The second-order valence-corrected chi connectivity index (χ2v) is 8.15. The Labute approximate surface area is 106 Å². The Morgan fingerprint density at radius 2 is 1.59 bits per heavy atom. The van der Waals surface area contributed by atoms with E-state index in [2.05, 4.69) is 33.0 Å². The molecule has 0 heterocycles. The topological polar surface area (TPSA) is 32.3 Å². The Kier molecular flexibility index (Phi) is 3.33. The second-order valence-electron chi connectivity index (χ2n) is 8.15. The van der Waals surface area contributed by atoms with Crippen LogP contribution in [0.25, 0.3) is 0 Å². The summed E-state index contributed by atoms with van der Waals surface area (Å²) >= 11 is 0. The van der Waals surface area contributed by atoms with Crippen LogP contribution in [0.4, 0.5) is 0 Å². The molecule has 0 saturated heterocycles. The smallest absolute Gasteiger partial charge is 0.0499 e. The van der Waals surface area contributed by atoms with E-state index in [4.69, 9.17) is 0 Å². The lowest BCUT2D eigenvalue weighted by atomic mass is 9.63. The average Bonchev–Trinajstić information content (AvgIpc) is 2.90. The van der Waals surface area contributed by atoms with Gasteiger partial charge in [0.25, 0.3) is 0 Å². The van der Waals surface area contributed by atoms with E-state index in [-0.39, 0.29) is 5.41 Å². The van der Waals surface area contributed by atoms with Crippen LogP contribution in [0.2, 0.25) is 0 Å². The Morgan fingerprint density at radius 3 is 2.00 bits per heavy atom. The van der Waals surface area contributed by atoms with Gasteiger partial charge in [0.2, 0.25) is 0 Å². The molecule has 0 atom stereocenters. The van der Waals surface area contributed by atoms with Crippen LogP contribution in [-0.4, -0.2) is 24.3 Å². The van der Waals surface area contributed by atoms with Crippen molar-refractivity contribution in [2.75, 3.05) is 13.2 Å². The molecule has 2 aliphatic carbocycles. The fourth-order valence-corrected chi connectivity index (χ4v) is 3.92. The van der Waals surface area contributed by atoms with Crippen LogP contribution in [0.5, 0.6) is 0 Å². The van der Waals surface area contributed by atoms with Crippen molar-refractivity contribution in [1.29, 1.82) is 0 Å². The number of hydrogen-bond donors (Lipinski definition) is 2. The normalized spacial score (nSPS) is 30.2. The minimum Gasteiger partial charge on any atom is -0.396 e. The maximum Gasteiger partial charge on any atom is 0.0499 e. The summed E-state index contributed by atoms with van der Waals surface area (Å²) in [6.07, 6.45) is 6.28. The minimum atomic E-state index is 0.242. The predicted octanol–water partition coefficient (Wildman–Crippen LogP) is 2.95. The fourth-order valence-electron chi connectivity index (χ4n) is 3.92. The van der Waals surface area contributed by atoms with E-state index >= 15 is 0 Å². The molecule has 0 aromatic carbocycles. The highest BCUT2D eigenvalue weighted by atomic mass is 16.3. The molecule has 2 rings (SSSR count). The number of nitrogens with one attached hydrogen (secondary N) is 1. The first kappa shape index (κ1) is 13.4. The zero-order valence-corrected chi connectivity index (χ0v) is 12.0. The first-order chi connectivity index (χ1) is 7.76. The highest BCUT2D eigenvalue weighted by molar-refractivity contribution is 4.97. The SMILES string of the molecule is CC1(C)CC(NCC2(CO)CC2)CC(C)(C)C1. The second kappa shape index (κ2) is 4.24. The Bertz CT molecular complexity index is 263. The Balaban J connectivity index is 1.88. The third-order valence-corrected chi connectivity index (χ3v) is 4.61. The molecule has 0 amide bonds. The van der Waals surface area contributed by atoms with Crippen molar-refractivity contribution in [2.24, 2.45) is 16.2 Å². The van der Waals surface area contributed by atoms with E-state index in [1.807, 2.05) is 0 Å². The standard InChI is InChI=1S/C15H29NO/c1-13(2)7-12(8-14(3,4)9-13)16-10-15(11-17)5-6-15/h12,16-17H,5-11H2,1-4H3. The largest absolute Gasteiger partial charge is 0.396 e. The van der Waals surface area contributed by atoms with Crippen molar-refractivity contribution in [2.45, 2.75) is 65.8 Å². The van der Waals surface area contributed by atoms with Gasteiger partial charge in [0.15, 0.2) is 0 Å². The highest BCUT2D eigenvalue weighted by Gasteiger charge is 2.43. The molecule has 0 aromatic heterocycles. The molecule has 17 heavy (non-hydrogen) atoms. The lowest BCUT2D eigenvalue weighted by Gasteiger charge is -2.45. The monoisotopic (exact) mass is 239 g/mol. The number of aliphatic hydroxyl groups excluding tert-OH is 1. The lowest BCUT2D eigenvalue weighted by Crippen LogP contribution is -2.45. The van der Waals surface area contributed by atoms with Crippen molar-refractivity contribution in [3.8, 4) is 0 Å². The first-order valence-electron chi connectivity index (χ1n) is 7.10. The van der Waals surface area contributed by atoms with Gasteiger partial charge in [0.1, 0.15) is 0 Å². The summed E-state index contributed by atoms with van der Waals surface area (Å²) in [5, 5.41) is 13.1. The molecule has 2 aliphatic rings. The summed E-state index contributed by atoms with van der Waals surface area (Å²) in [4.78, 5) is 0. The Morgan fingerprint density at radius 1 is 1.06 bits per heavy atom. The van der Waals surface area contributed by atoms with Crippen LogP contribution in [0.15, 0.2) is 0 Å². The molecule has 2 heteroatoms. The minimum absolute atomic E-state index is 0.242. The lowest BCUT2D eigenvalue weighted by molar-refractivity contribution is 0.0802. The van der Waals surface area contributed by atoms with Gasteiger partial charge in [-0.25, -0.2) is 0 Å². The molecule has 0 aromatic rings. The molecule has 2 saturated carbocycles. The number of rotatable bonds is 4. The molecule has 0 radical (unpaired) electrons. The van der Waals surface area contributed by atoms with Gasteiger partial charge in [0, 0.05) is 24.6 Å². The number of hydrogen-bond acceptors (Lipinski definition) is 2. The van der Waals surface area contributed by atoms with E-state index in [0.717, 1.165) is 6.54 Å².